The van der Waals surface area contributed by atoms with Crippen LogP contribution in [0.3, 0.4) is 0 Å². The van der Waals surface area contributed by atoms with Crippen LogP contribution in [0.5, 0.6) is 0 Å². The number of nitrogens with one attached hydrogen (secondary N) is 2. The van der Waals surface area contributed by atoms with Gasteiger partial charge in [-0.1, -0.05) is 17.7 Å². The fourth-order valence-corrected chi connectivity index (χ4v) is 3.20. The van der Waals surface area contributed by atoms with Crippen LogP contribution in [0.2, 0.25) is 0 Å². The monoisotopic (exact) mass is 298 g/mol. The molecule has 1 rings (SSSR count). The molecule has 0 heterocycles. The minimum absolute atomic E-state index is 0.0686. The Morgan fingerprint density at radius 1 is 1.15 bits per heavy atom. The summed E-state index contributed by atoms with van der Waals surface area (Å²) in [5, 5.41) is 2.67. The van der Waals surface area contributed by atoms with E-state index in [4.69, 9.17) is 0 Å². The predicted molar refractivity (Wildman–Crippen MR) is 79.0 cm³/mol. The molecule has 1 amide bonds. The van der Waals surface area contributed by atoms with Crippen LogP contribution in [0.25, 0.3) is 0 Å². The Kier molecular flexibility index (Phi) is 6.16. The van der Waals surface area contributed by atoms with Gasteiger partial charge in [-0.2, -0.15) is 0 Å². The molecule has 0 atom stereocenters. The molecule has 1 aromatic carbocycles. The molecule has 112 valence electrons. The predicted octanol–water partition coefficient (Wildman–Crippen LogP) is 1.50. The van der Waals surface area contributed by atoms with Crippen molar-refractivity contribution in [2.45, 2.75) is 38.5 Å². The molecule has 0 radical (unpaired) electrons. The number of carbonyl (C=O) groups excluding carboxylic acids is 1. The van der Waals surface area contributed by atoms with Crippen LogP contribution >= 0.6 is 0 Å². The third-order valence-electron chi connectivity index (χ3n) is 2.89. The summed E-state index contributed by atoms with van der Waals surface area (Å²) in [6.45, 7) is 6.12. The first-order valence-corrected chi connectivity index (χ1v) is 8.12. The SMILES string of the molecule is CC(=O)NCCCCNS(=O)(=O)c1ccc(C)cc1C. The van der Waals surface area contributed by atoms with Crippen molar-refractivity contribution in [1.29, 1.82) is 0 Å². The molecule has 0 aromatic heterocycles. The summed E-state index contributed by atoms with van der Waals surface area (Å²) < 4.78 is 26.8. The van der Waals surface area contributed by atoms with E-state index in [0.717, 1.165) is 17.5 Å². The van der Waals surface area contributed by atoms with Gasteiger partial charge in [-0.05, 0) is 38.3 Å². The Morgan fingerprint density at radius 3 is 2.40 bits per heavy atom. The van der Waals surface area contributed by atoms with Gasteiger partial charge in [0.25, 0.3) is 0 Å². The number of aryl methyl sites for hydroxylation is 2. The molecule has 0 saturated carbocycles. The summed E-state index contributed by atoms with van der Waals surface area (Å²) in [5.74, 6) is -0.0686. The number of carbonyl (C=O) groups is 1. The van der Waals surface area contributed by atoms with Gasteiger partial charge < -0.3 is 5.32 Å². The molecule has 6 heteroatoms. The van der Waals surface area contributed by atoms with Crippen molar-refractivity contribution in [3.8, 4) is 0 Å². The molecular weight excluding hydrogens is 276 g/mol. The number of amides is 1. The highest BCUT2D eigenvalue weighted by Crippen LogP contribution is 2.16. The topological polar surface area (TPSA) is 75.3 Å². The maximum absolute atomic E-state index is 12.1. The second-order valence-corrected chi connectivity index (χ2v) is 6.59. The summed E-state index contributed by atoms with van der Waals surface area (Å²) in [6, 6.07) is 5.27. The van der Waals surface area contributed by atoms with E-state index in [1.807, 2.05) is 13.0 Å². The third-order valence-corrected chi connectivity index (χ3v) is 4.51. The van der Waals surface area contributed by atoms with Crippen molar-refractivity contribution < 1.29 is 13.2 Å². The van der Waals surface area contributed by atoms with Gasteiger partial charge in [-0.15, -0.1) is 0 Å². The maximum Gasteiger partial charge on any atom is 0.240 e. The minimum atomic E-state index is -3.45. The van der Waals surface area contributed by atoms with E-state index in [2.05, 4.69) is 10.0 Å². The van der Waals surface area contributed by atoms with E-state index < -0.39 is 10.0 Å². The van der Waals surface area contributed by atoms with Crippen molar-refractivity contribution in [1.82, 2.24) is 10.0 Å². The first-order chi connectivity index (χ1) is 9.33. The lowest BCUT2D eigenvalue weighted by Gasteiger charge is -2.10. The van der Waals surface area contributed by atoms with Gasteiger partial charge in [0.05, 0.1) is 4.90 Å². The zero-order chi connectivity index (χ0) is 15.2. The highest BCUT2D eigenvalue weighted by atomic mass is 32.2. The number of benzene rings is 1. The molecule has 0 unspecified atom stereocenters. The molecule has 0 aliphatic heterocycles. The molecule has 5 nitrogen and oxygen atoms in total. The van der Waals surface area contributed by atoms with Crippen LogP contribution in [0.15, 0.2) is 23.1 Å². The first-order valence-electron chi connectivity index (χ1n) is 6.64. The van der Waals surface area contributed by atoms with Crippen molar-refractivity contribution >= 4 is 15.9 Å². The minimum Gasteiger partial charge on any atom is -0.356 e. The normalized spacial score (nSPS) is 11.3. The average molecular weight is 298 g/mol. The van der Waals surface area contributed by atoms with E-state index in [1.54, 1.807) is 19.1 Å². The molecule has 0 saturated heterocycles. The fraction of sp³-hybridized carbons (Fsp3) is 0.500. The van der Waals surface area contributed by atoms with E-state index in [0.29, 0.717) is 24.4 Å². The number of unbranched alkanes of at least 4 members (excludes halogenated alkanes) is 1. The highest BCUT2D eigenvalue weighted by Gasteiger charge is 2.15. The quantitative estimate of drug-likeness (QED) is 0.749. The summed E-state index contributed by atoms with van der Waals surface area (Å²) in [6.07, 6.45) is 1.43. The van der Waals surface area contributed by atoms with Crippen LogP contribution in [0, 0.1) is 13.8 Å². The first kappa shape index (κ1) is 16.7. The van der Waals surface area contributed by atoms with E-state index in [1.165, 1.54) is 6.92 Å². The van der Waals surface area contributed by atoms with Gasteiger partial charge >= 0.3 is 0 Å². The van der Waals surface area contributed by atoms with Crippen molar-refractivity contribution in [2.24, 2.45) is 0 Å². The lowest BCUT2D eigenvalue weighted by Crippen LogP contribution is -2.27. The van der Waals surface area contributed by atoms with Crippen molar-refractivity contribution in [3.63, 3.8) is 0 Å². The molecule has 0 fully saturated rings. The summed E-state index contributed by atoms with van der Waals surface area (Å²) >= 11 is 0. The van der Waals surface area contributed by atoms with E-state index in [-0.39, 0.29) is 5.91 Å². The lowest BCUT2D eigenvalue weighted by molar-refractivity contribution is -0.118. The molecular formula is C14H22N2O3S. The molecule has 1 aromatic rings. The molecule has 20 heavy (non-hydrogen) atoms. The van der Waals surface area contributed by atoms with Crippen LogP contribution in [0.4, 0.5) is 0 Å². The van der Waals surface area contributed by atoms with Gasteiger partial charge in [0.2, 0.25) is 15.9 Å². The van der Waals surface area contributed by atoms with Crippen LogP contribution < -0.4 is 10.0 Å². The van der Waals surface area contributed by atoms with Gasteiger partial charge in [-0.3, -0.25) is 4.79 Å². The van der Waals surface area contributed by atoms with Gasteiger partial charge in [0.15, 0.2) is 0 Å². The van der Waals surface area contributed by atoms with E-state index in [9.17, 15) is 13.2 Å². The molecule has 0 aliphatic carbocycles. The Balaban J connectivity index is 2.48. The zero-order valence-corrected chi connectivity index (χ0v) is 13.0. The summed E-state index contributed by atoms with van der Waals surface area (Å²) in [4.78, 5) is 11.0. The zero-order valence-electron chi connectivity index (χ0n) is 12.2. The van der Waals surface area contributed by atoms with Crippen LogP contribution in [0.1, 0.15) is 30.9 Å². The fourth-order valence-electron chi connectivity index (χ4n) is 1.90. The standard InChI is InChI=1S/C14H22N2O3S/c1-11-6-7-14(12(2)10-11)20(18,19)16-9-5-4-8-15-13(3)17/h6-7,10,16H,4-5,8-9H2,1-3H3,(H,15,17). The molecule has 0 bridgehead atoms. The van der Waals surface area contributed by atoms with Crippen LogP contribution in [-0.4, -0.2) is 27.4 Å². The van der Waals surface area contributed by atoms with Crippen molar-refractivity contribution in [2.75, 3.05) is 13.1 Å². The molecule has 0 aliphatic rings. The smallest absolute Gasteiger partial charge is 0.240 e. The Bertz CT molecular complexity index is 568. The largest absolute Gasteiger partial charge is 0.356 e. The van der Waals surface area contributed by atoms with Gasteiger partial charge in [0, 0.05) is 20.0 Å². The highest BCUT2D eigenvalue weighted by molar-refractivity contribution is 7.89. The second-order valence-electron chi connectivity index (χ2n) is 4.86. The van der Waals surface area contributed by atoms with Crippen LogP contribution in [-0.2, 0) is 14.8 Å². The number of rotatable bonds is 7. The molecule has 0 spiro atoms. The van der Waals surface area contributed by atoms with Crippen molar-refractivity contribution in [3.05, 3.63) is 29.3 Å². The third kappa shape index (κ3) is 5.30. The lowest BCUT2D eigenvalue weighted by atomic mass is 10.2. The van der Waals surface area contributed by atoms with Gasteiger partial charge in [-0.25, -0.2) is 13.1 Å². The Hall–Kier alpha value is -1.40. The number of sulfonamides is 1. The average Bonchev–Trinajstić information content (AvgIpc) is 2.32. The Labute approximate surface area is 120 Å². The van der Waals surface area contributed by atoms with Gasteiger partial charge in [0.1, 0.15) is 0 Å². The summed E-state index contributed by atoms with van der Waals surface area (Å²) in [7, 11) is -3.45. The number of hydrogen-bond donors (Lipinski definition) is 2. The summed E-state index contributed by atoms with van der Waals surface area (Å²) in [5.41, 5.74) is 1.78. The van der Waals surface area contributed by atoms with E-state index >= 15 is 0 Å². The second kappa shape index (κ2) is 7.40. The Morgan fingerprint density at radius 2 is 1.80 bits per heavy atom. The molecule has 2 N–H and O–H groups in total. The number of hydrogen-bond acceptors (Lipinski definition) is 3. The maximum atomic E-state index is 12.1.